The average molecular weight is 440 g/mol. The van der Waals surface area contributed by atoms with Crippen molar-refractivity contribution in [1.82, 2.24) is 0 Å². The first kappa shape index (κ1) is 22.1. The maximum atomic E-state index is 14.4. The second-order valence-electron chi connectivity index (χ2n) is 11.1. The summed E-state index contributed by atoms with van der Waals surface area (Å²) in [5.41, 5.74) is -0.881. The van der Waals surface area contributed by atoms with Gasteiger partial charge in [0.15, 0.2) is 11.9 Å². The lowest BCUT2D eigenvalue weighted by Gasteiger charge is -2.50. The normalized spacial score (nSPS) is 46.3. The summed E-state index contributed by atoms with van der Waals surface area (Å²) in [5, 5.41) is 12.6. The van der Waals surface area contributed by atoms with Gasteiger partial charge in [0.2, 0.25) is 0 Å². The predicted molar refractivity (Wildman–Crippen MR) is 120 cm³/mol. The molecule has 2 bridgehead atoms. The summed E-state index contributed by atoms with van der Waals surface area (Å²) in [6, 6.07) is 0. The minimum atomic E-state index is -1.72. The third-order valence-electron chi connectivity index (χ3n) is 9.25. The number of hydrogen-bond donors (Lipinski definition) is 1. The van der Waals surface area contributed by atoms with Gasteiger partial charge in [-0.05, 0) is 61.5 Å². The molecule has 7 heteroatoms. The van der Waals surface area contributed by atoms with Crippen LogP contribution in [0, 0.1) is 34.5 Å². The van der Waals surface area contributed by atoms with E-state index in [0.717, 1.165) is 12.0 Å². The van der Waals surface area contributed by atoms with E-state index in [4.69, 9.17) is 14.0 Å². The Kier molecular flexibility index (Phi) is 4.77. The van der Waals surface area contributed by atoms with Crippen molar-refractivity contribution in [2.24, 2.45) is 34.5 Å². The van der Waals surface area contributed by atoms with E-state index in [2.05, 4.69) is 20.8 Å². The van der Waals surface area contributed by atoms with Crippen molar-refractivity contribution in [2.75, 3.05) is 6.61 Å². The Labute approximate surface area is 190 Å². The van der Waals surface area contributed by atoms with E-state index in [1.807, 2.05) is 19.1 Å². The summed E-state index contributed by atoms with van der Waals surface area (Å²) in [5.74, 6) is -0.264. The Hall–Kier alpha value is -1.70. The topological polar surface area (TPSA) is 82.1 Å². The summed E-state index contributed by atoms with van der Waals surface area (Å²) in [6.07, 6.45) is 4.70. The standard InChI is InChI=1S/C25H33BO6/c1-7-12(2)22(28)31-20-13(3)10-24-14(4)8-17-18(23(17,5)6)16(19(24)27)9-15-11-30-26-32-21(15)25(20,24)29/h7,9-10,14,16-18,20-21,26,29H,8,11H2,1-6H3/b12-7-/t14?,16-,17+,18-,20-,21+,24?,25+/m0/s1. The van der Waals surface area contributed by atoms with Crippen LogP contribution in [0.15, 0.2) is 34.9 Å². The van der Waals surface area contributed by atoms with Gasteiger partial charge < -0.3 is 19.2 Å². The fraction of sp³-hybridized carbons (Fsp3) is 0.680. The van der Waals surface area contributed by atoms with Crippen LogP contribution in [0.4, 0.5) is 0 Å². The zero-order chi connectivity index (χ0) is 23.2. The molecule has 6 nitrogen and oxygen atoms in total. The van der Waals surface area contributed by atoms with Gasteiger partial charge in [-0.1, -0.05) is 39.0 Å². The fourth-order valence-electron chi connectivity index (χ4n) is 7.39. The molecule has 1 heterocycles. The molecular weight excluding hydrogens is 407 g/mol. The minimum Gasteiger partial charge on any atom is -0.451 e. The molecule has 2 unspecified atom stereocenters. The monoisotopic (exact) mass is 440 g/mol. The highest BCUT2D eigenvalue weighted by Crippen LogP contribution is 2.72. The summed E-state index contributed by atoms with van der Waals surface area (Å²) >= 11 is 0. The third kappa shape index (κ3) is 2.53. The van der Waals surface area contributed by atoms with Crippen molar-refractivity contribution in [1.29, 1.82) is 0 Å². The number of rotatable bonds is 2. The Bertz CT molecular complexity index is 979. The number of ketones is 1. The van der Waals surface area contributed by atoms with Gasteiger partial charge in [-0.2, -0.15) is 0 Å². The molecule has 4 aliphatic carbocycles. The van der Waals surface area contributed by atoms with Gasteiger partial charge in [0.1, 0.15) is 11.7 Å². The third-order valence-corrected chi connectivity index (χ3v) is 9.25. The molecule has 3 fully saturated rings. The largest absolute Gasteiger partial charge is 0.451 e. The van der Waals surface area contributed by atoms with E-state index in [1.165, 1.54) is 0 Å². The lowest BCUT2D eigenvalue weighted by molar-refractivity contribution is -0.201. The molecule has 1 spiro atoms. The smallest absolute Gasteiger partial charge is 0.438 e. The lowest BCUT2D eigenvalue weighted by Crippen LogP contribution is -2.67. The lowest BCUT2D eigenvalue weighted by atomic mass is 9.58. The van der Waals surface area contributed by atoms with Crippen molar-refractivity contribution in [2.45, 2.75) is 65.8 Å². The number of esters is 1. The maximum Gasteiger partial charge on any atom is 0.438 e. The number of hydrogen-bond acceptors (Lipinski definition) is 6. The zero-order valence-corrected chi connectivity index (χ0v) is 19.8. The van der Waals surface area contributed by atoms with E-state index in [0.29, 0.717) is 23.7 Å². The molecule has 172 valence electrons. The van der Waals surface area contributed by atoms with Crippen LogP contribution in [-0.4, -0.2) is 49.0 Å². The first-order valence-corrected chi connectivity index (χ1v) is 11.7. The van der Waals surface area contributed by atoms with Crippen LogP contribution in [0.3, 0.4) is 0 Å². The Morgan fingerprint density at radius 2 is 2.09 bits per heavy atom. The van der Waals surface area contributed by atoms with Crippen LogP contribution in [0.25, 0.3) is 0 Å². The van der Waals surface area contributed by atoms with Gasteiger partial charge in [0.05, 0.1) is 12.0 Å². The Morgan fingerprint density at radius 1 is 1.38 bits per heavy atom. The first-order valence-electron chi connectivity index (χ1n) is 11.7. The molecule has 0 aromatic rings. The van der Waals surface area contributed by atoms with E-state index in [9.17, 15) is 14.7 Å². The molecule has 5 rings (SSSR count). The van der Waals surface area contributed by atoms with Crippen molar-refractivity contribution >= 4 is 19.4 Å². The molecule has 0 aromatic carbocycles. The first-order chi connectivity index (χ1) is 15.0. The number of allylic oxidation sites excluding steroid dienone is 2. The quantitative estimate of drug-likeness (QED) is 0.308. The number of carbonyl (C=O) groups excluding carboxylic acids is 2. The Morgan fingerprint density at radius 3 is 2.78 bits per heavy atom. The number of Topliss-reactive ketones (excluding diaryl/α,β-unsaturated/α-hetero) is 1. The molecule has 32 heavy (non-hydrogen) atoms. The van der Waals surface area contributed by atoms with E-state index >= 15 is 0 Å². The van der Waals surface area contributed by atoms with Crippen LogP contribution in [0.5, 0.6) is 0 Å². The molecular formula is C25H33BO6. The zero-order valence-electron chi connectivity index (χ0n) is 19.8. The predicted octanol–water partition coefficient (Wildman–Crippen LogP) is 2.66. The number of ether oxygens (including phenoxy) is 1. The summed E-state index contributed by atoms with van der Waals surface area (Å²) < 4.78 is 17.5. The molecule has 0 aromatic heterocycles. The van der Waals surface area contributed by atoms with Gasteiger partial charge >= 0.3 is 13.7 Å². The van der Waals surface area contributed by atoms with Crippen LogP contribution < -0.4 is 0 Å². The van der Waals surface area contributed by atoms with Gasteiger partial charge in [-0.15, -0.1) is 0 Å². The molecule has 2 saturated carbocycles. The molecule has 5 aliphatic rings. The maximum absolute atomic E-state index is 14.4. The highest BCUT2D eigenvalue weighted by atomic mass is 16.6. The molecule has 1 N–H and O–H groups in total. The van der Waals surface area contributed by atoms with Gasteiger partial charge in [-0.3, -0.25) is 4.79 Å². The van der Waals surface area contributed by atoms with E-state index in [-0.39, 0.29) is 36.6 Å². The highest BCUT2D eigenvalue weighted by Gasteiger charge is 2.76. The number of fused-ring (bicyclic) bond motifs is 5. The van der Waals surface area contributed by atoms with Crippen LogP contribution in [-0.2, 0) is 23.6 Å². The molecule has 0 amide bonds. The molecule has 1 saturated heterocycles. The average Bonchev–Trinajstić information content (AvgIpc) is 3.25. The van der Waals surface area contributed by atoms with E-state index in [1.54, 1.807) is 19.9 Å². The summed E-state index contributed by atoms with van der Waals surface area (Å²) in [6.45, 7) is 12.1. The van der Waals surface area contributed by atoms with E-state index < -0.39 is 29.2 Å². The van der Waals surface area contributed by atoms with Gasteiger partial charge in [0, 0.05) is 11.5 Å². The van der Waals surface area contributed by atoms with Crippen LogP contribution in [0.1, 0.15) is 48.0 Å². The number of carbonyl (C=O) groups is 2. The Balaban J connectivity index is 1.70. The van der Waals surface area contributed by atoms with Gasteiger partial charge in [-0.25, -0.2) is 4.79 Å². The molecule has 8 atom stereocenters. The molecule has 0 radical (unpaired) electrons. The minimum absolute atomic E-state index is 0.0247. The second-order valence-corrected chi connectivity index (χ2v) is 11.1. The SMILES string of the molecule is C/C=C(/C)C(=O)O[C@H]1C(C)=CC23C(=O)[C@@H](C=C4COBO[C@H]4[C@]12O)[C@H]1[C@@H](CC3C)C1(C)C. The van der Waals surface area contributed by atoms with Crippen molar-refractivity contribution in [3.05, 3.63) is 34.9 Å². The summed E-state index contributed by atoms with van der Waals surface area (Å²) in [4.78, 5) is 27.2. The number of aliphatic hydroxyl groups is 1. The van der Waals surface area contributed by atoms with Crippen molar-refractivity contribution in [3.8, 4) is 0 Å². The molecule has 1 aliphatic heterocycles. The van der Waals surface area contributed by atoms with Crippen molar-refractivity contribution in [3.63, 3.8) is 0 Å². The summed E-state index contributed by atoms with van der Waals surface area (Å²) in [7, 11) is 0.0266. The van der Waals surface area contributed by atoms with Gasteiger partial charge in [0.25, 0.3) is 0 Å². The highest BCUT2D eigenvalue weighted by molar-refractivity contribution is 6.18. The van der Waals surface area contributed by atoms with Crippen molar-refractivity contribution < 1.29 is 28.7 Å². The van der Waals surface area contributed by atoms with Crippen LogP contribution in [0.2, 0.25) is 0 Å². The second kappa shape index (κ2) is 6.91. The fourth-order valence-corrected chi connectivity index (χ4v) is 7.39. The van der Waals surface area contributed by atoms with Crippen LogP contribution >= 0.6 is 0 Å².